The number of halogens is 2. The first-order valence-electron chi connectivity index (χ1n) is 2.69. The fourth-order valence-corrected chi connectivity index (χ4v) is 1.37. The van der Waals surface area contributed by atoms with Crippen LogP contribution in [-0.2, 0) is 9.47 Å². The van der Waals surface area contributed by atoms with E-state index in [1.165, 1.54) is 0 Å². The average Bonchev–Trinajstić information content (AvgIpc) is 1.84. The predicted molar refractivity (Wildman–Crippen MR) is 55.6 cm³/mol. The van der Waals surface area contributed by atoms with Crippen molar-refractivity contribution in [1.82, 2.24) is 0 Å². The highest BCUT2D eigenvalue weighted by molar-refractivity contribution is 14.1. The summed E-state index contributed by atoms with van der Waals surface area (Å²) in [5.74, 6) is 1.68. The van der Waals surface area contributed by atoms with Gasteiger partial charge in [-0.3, -0.25) is 0 Å². The second-order valence-corrected chi connectivity index (χ2v) is 3.82. The lowest BCUT2D eigenvalue weighted by Gasteiger charge is -2.16. The largest absolute Gasteiger partial charge is 0.448 e. The first-order chi connectivity index (χ1) is 4.61. The van der Waals surface area contributed by atoms with Crippen LogP contribution in [0.15, 0.2) is 19.1 Å². The molecule has 2 nitrogen and oxygen atoms in total. The molecule has 56 valence electrons. The third-order valence-electron chi connectivity index (χ3n) is 1.14. The Kier molecular flexibility index (Phi) is 2.84. The second-order valence-electron chi connectivity index (χ2n) is 1.86. The van der Waals surface area contributed by atoms with Crippen LogP contribution in [0.3, 0.4) is 0 Å². The molecular weight excluding hydrogens is 358 g/mol. The molecule has 0 aromatic heterocycles. The molecule has 1 heterocycles. The van der Waals surface area contributed by atoms with Gasteiger partial charge in [-0.2, -0.15) is 0 Å². The number of hydrogen-bond donors (Lipinski definition) is 0. The van der Waals surface area contributed by atoms with Crippen LogP contribution in [0.2, 0.25) is 0 Å². The Hall–Kier alpha value is 0.540. The lowest BCUT2D eigenvalue weighted by molar-refractivity contribution is 0.222. The van der Waals surface area contributed by atoms with Gasteiger partial charge in [-0.05, 0) is 13.8 Å². The summed E-state index contributed by atoms with van der Waals surface area (Å²) in [6.45, 7) is 3.77. The summed E-state index contributed by atoms with van der Waals surface area (Å²) >= 11 is 4.20. The average molecular weight is 364 g/mol. The van der Waals surface area contributed by atoms with Crippen molar-refractivity contribution in [1.29, 1.82) is 0 Å². The molecular formula is C6H6I2O2. The SMILES string of the molecule is CC1=C(C)OC(I)=C(I)O1. The van der Waals surface area contributed by atoms with Crippen LogP contribution in [0.1, 0.15) is 13.8 Å². The van der Waals surface area contributed by atoms with Crippen LogP contribution in [-0.4, -0.2) is 0 Å². The zero-order valence-corrected chi connectivity index (χ0v) is 9.89. The van der Waals surface area contributed by atoms with Gasteiger partial charge in [-0.15, -0.1) is 0 Å². The van der Waals surface area contributed by atoms with E-state index >= 15 is 0 Å². The van der Waals surface area contributed by atoms with Gasteiger partial charge in [0.1, 0.15) is 11.5 Å². The molecule has 0 fully saturated rings. The van der Waals surface area contributed by atoms with E-state index < -0.39 is 0 Å². The smallest absolute Gasteiger partial charge is 0.212 e. The van der Waals surface area contributed by atoms with Gasteiger partial charge in [0.15, 0.2) is 0 Å². The number of hydrogen-bond acceptors (Lipinski definition) is 2. The minimum Gasteiger partial charge on any atom is -0.448 e. The molecule has 0 radical (unpaired) electrons. The summed E-state index contributed by atoms with van der Waals surface area (Å²) in [7, 11) is 0. The highest BCUT2D eigenvalue weighted by atomic mass is 127. The van der Waals surface area contributed by atoms with E-state index in [4.69, 9.17) is 9.47 Å². The Morgan fingerprint density at radius 3 is 1.50 bits per heavy atom. The summed E-state index contributed by atoms with van der Waals surface area (Å²) in [6, 6.07) is 0. The van der Waals surface area contributed by atoms with Crippen LogP contribution in [0.4, 0.5) is 0 Å². The minimum atomic E-state index is 0.807. The second kappa shape index (κ2) is 3.29. The van der Waals surface area contributed by atoms with Crippen LogP contribution in [0.25, 0.3) is 0 Å². The highest BCUT2D eigenvalue weighted by Gasteiger charge is 2.14. The molecule has 10 heavy (non-hydrogen) atoms. The van der Waals surface area contributed by atoms with E-state index in [-0.39, 0.29) is 0 Å². The fraction of sp³-hybridized carbons (Fsp3) is 0.333. The molecule has 0 N–H and O–H groups in total. The number of rotatable bonds is 0. The predicted octanol–water partition coefficient (Wildman–Crippen LogP) is 3.28. The van der Waals surface area contributed by atoms with Gasteiger partial charge >= 0.3 is 0 Å². The Balaban J connectivity index is 2.81. The fourth-order valence-electron chi connectivity index (χ4n) is 0.493. The van der Waals surface area contributed by atoms with Crippen LogP contribution < -0.4 is 0 Å². The molecule has 0 spiro atoms. The normalized spacial score (nSPS) is 18.8. The summed E-state index contributed by atoms with van der Waals surface area (Å²) in [6.07, 6.45) is 0. The van der Waals surface area contributed by atoms with Crippen molar-refractivity contribution in [3.05, 3.63) is 19.1 Å². The first-order valence-corrected chi connectivity index (χ1v) is 4.85. The standard InChI is InChI=1S/C6H6I2O2/c1-3-4(2)10-6(8)5(7)9-3/h1-2H3. The van der Waals surface area contributed by atoms with E-state index in [0.717, 1.165) is 19.1 Å². The summed E-state index contributed by atoms with van der Waals surface area (Å²) in [5, 5.41) is 0. The molecule has 4 heteroatoms. The monoisotopic (exact) mass is 364 g/mol. The zero-order chi connectivity index (χ0) is 7.72. The van der Waals surface area contributed by atoms with Gasteiger partial charge in [0.05, 0.1) is 0 Å². The molecule has 0 amide bonds. The molecule has 0 aliphatic carbocycles. The topological polar surface area (TPSA) is 18.5 Å². The van der Waals surface area contributed by atoms with Gasteiger partial charge in [0.2, 0.25) is 7.53 Å². The van der Waals surface area contributed by atoms with E-state index in [1.807, 2.05) is 13.8 Å². The molecule has 1 aliphatic heterocycles. The van der Waals surface area contributed by atoms with Gasteiger partial charge in [-0.1, -0.05) is 0 Å². The Bertz CT molecular complexity index is 174. The van der Waals surface area contributed by atoms with Crippen molar-refractivity contribution in [2.75, 3.05) is 0 Å². The van der Waals surface area contributed by atoms with Crippen LogP contribution in [0.5, 0.6) is 0 Å². The Morgan fingerprint density at radius 1 is 0.900 bits per heavy atom. The summed E-state index contributed by atoms with van der Waals surface area (Å²) in [5.41, 5.74) is 0. The van der Waals surface area contributed by atoms with E-state index in [0.29, 0.717) is 0 Å². The van der Waals surface area contributed by atoms with Gasteiger partial charge in [0, 0.05) is 45.2 Å². The molecule has 0 saturated carbocycles. The number of allylic oxidation sites excluding steroid dienone is 2. The van der Waals surface area contributed by atoms with Crippen LogP contribution in [0, 0.1) is 0 Å². The van der Waals surface area contributed by atoms with Crippen molar-refractivity contribution in [3.63, 3.8) is 0 Å². The third kappa shape index (κ3) is 1.77. The van der Waals surface area contributed by atoms with Crippen molar-refractivity contribution in [2.45, 2.75) is 13.8 Å². The molecule has 0 bridgehead atoms. The molecule has 1 aliphatic rings. The van der Waals surface area contributed by atoms with E-state index in [1.54, 1.807) is 0 Å². The highest BCUT2D eigenvalue weighted by Crippen LogP contribution is 2.31. The van der Waals surface area contributed by atoms with Crippen molar-refractivity contribution < 1.29 is 9.47 Å². The van der Waals surface area contributed by atoms with E-state index in [2.05, 4.69) is 45.2 Å². The molecule has 0 saturated heterocycles. The van der Waals surface area contributed by atoms with Crippen molar-refractivity contribution in [2.24, 2.45) is 0 Å². The molecule has 0 aromatic carbocycles. The Labute approximate surface area is 86.9 Å². The van der Waals surface area contributed by atoms with Crippen LogP contribution >= 0.6 is 45.2 Å². The maximum Gasteiger partial charge on any atom is 0.212 e. The Morgan fingerprint density at radius 2 is 1.20 bits per heavy atom. The molecule has 0 atom stereocenters. The quantitative estimate of drug-likeness (QED) is 0.615. The maximum atomic E-state index is 5.32. The van der Waals surface area contributed by atoms with Gasteiger partial charge in [0.25, 0.3) is 0 Å². The lowest BCUT2D eigenvalue weighted by Crippen LogP contribution is -2.00. The van der Waals surface area contributed by atoms with E-state index in [9.17, 15) is 0 Å². The third-order valence-corrected chi connectivity index (χ3v) is 3.59. The summed E-state index contributed by atoms with van der Waals surface area (Å²) < 4.78 is 12.3. The molecule has 0 aromatic rings. The number of ether oxygens (including phenoxy) is 2. The molecule has 0 unspecified atom stereocenters. The molecule has 1 rings (SSSR count). The maximum absolute atomic E-state index is 5.32. The lowest BCUT2D eigenvalue weighted by atomic mass is 10.4. The van der Waals surface area contributed by atoms with Crippen molar-refractivity contribution in [3.8, 4) is 0 Å². The zero-order valence-electron chi connectivity index (χ0n) is 5.57. The first kappa shape index (κ1) is 8.63. The van der Waals surface area contributed by atoms with Gasteiger partial charge < -0.3 is 9.47 Å². The van der Waals surface area contributed by atoms with Crippen molar-refractivity contribution >= 4 is 45.2 Å². The van der Waals surface area contributed by atoms with Gasteiger partial charge in [-0.25, -0.2) is 0 Å². The minimum absolute atomic E-state index is 0.807. The summed E-state index contributed by atoms with van der Waals surface area (Å²) in [4.78, 5) is 0.